The van der Waals surface area contributed by atoms with Crippen molar-refractivity contribution in [2.75, 3.05) is 38.2 Å². The molecule has 7 nitrogen and oxygen atoms in total. The molecule has 3 aromatic rings. The maximum Gasteiger partial charge on any atom is 0.417 e. The minimum atomic E-state index is -4.41. The lowest BCUT2D eigenvalue weighted by Gasteiger charge is -2.35. The number of nitrogens with zero attached hydrogens (tertiary/aromatic N) is 5. The molecule has 0 bridgehead atoms. The molecule has 1 saturated heterocycles. The molecule has 0 aliphatic carbocycles. The summed E-state index contributed by atoms with van der Waals surface area (Å²) < 4.78 is 45.0. The summed E-state index contributed by atoms with van der Waals surface area (Å²) in [7, 11) is 3.31. The molecule has 2 aromatic heterocycles. The van der Waals surface area contributed by atoms with E-state index in [-0.39, 0.29) is 5.91 Å². The van der Waals surface area contributed by atoms with Crippen LogP contribution in [0.3, 0.4) is 0 Å². The maximum absolute atomic E-state index is 13.1. The van der Waals surface area contributed by atoms with Gasteiger partial charge in [-0.2, -0.15) is 18.3 Å². The van der Waals surface area contributed by atoms with Gasteiger partial charge in [0.15, 0.2) is 0 Å². The molecular weight excluding hydrogens is 423 g/mol. The highest BCUT2D eigenvalue weighted by Crippen LogP contribution is 2.29. The van der Waals surface area contributed by atoms with E-state index in [0.717, 1.165) is 17.8 Å². The number of amides is 1. The number of carbonyl (C=O) groups is 1. The van der Waals surface area contributed by atoms with Crippen molar-refractivity contribution in [3.63, 3.8) is 0 Å². The average molecular weight is 445 g/mol. The Bertz CT molecular complexity index is 1100. The third-order valence-corrected chi connectivity index (χ3v) is 5.43. The molecule has 1 aliphatic heterocycles. The molecule has 1 aliphatic rings. The van der Waals surface area contributed by atoms with Crippen molar-refractivity contribution < 1.29 is 22.7 Å². The molecule has 4 rings (SSSR count). The second-order valence-corrected chi connectivity index (χ2v) is 7.45. The average Bonchev–Trinajstić information content (AvgIpc) is 3.20. The number of anilines is 1. The Morgan fingerprint density at radius 3 is 2.44 bits per heavy atom. The number of carbonyl (C=O) groups excluding carboxylic acids is 1. The first-order valence-corrected chi connectivity index (χ1v) is 10.0. The summed E-state index contributed by atoms with van der Waals surface area (Å²) in [6.45, 7) is 1.82. The van der Waals surface area contributed by atoms with E-state index in [2.05, 4.69) is 10.1 Å². The number of benzene rings is 1. The maximum atomic E-state index is 13.1. The minimum absolute atomic E-state index is 0.144. The highest BCUT2D eigenvalue weighted by molar-refractivity contribution is 5.94. The Labute approximate surface area is 183 Å². The Kier molecular flexibility index (Phi) is 5.77. The van der Waals surface area contributed by atoms with E-state index in [0.29, 0.717) is 49.1 Å². The van der Waals surface area contributed by atoms with E-state index in [1.807, 2.05) is 29.2 Å². The van der Waals surface area contributed by atoms with E-state index in [9.17, 15) is 18.0 Å². The van der Waals surface area contributed by atoms with Gasteiger partial charge in [-0.05, 0) is 30.3 Å². The molecule has 0 unspecified atom stereocenters. The van der Waals surface area contributed by atoms with Gasteiger partial charge in [0.2, 0.25) is 0 Å². The van der Waals surface area contributed by atoms with Crippen molar-refractivity contribution >= 4 is 11.7 Å². The number of hydrogen-bond acceptors (Lipinski definition) is 5. The van der Waals surface area contributed by atoms with Gasteiger partial charge < -0.3 is 14.5 Å². The molecule has 0 atom stereocenters. The van der Waals surface area contributed by atoms with Crippen molar-refractivity contribution in [2.24, 2.45) is 7.05 Å². The van der Waals surface area contributed by atoms with Crippen LogP contribution in [-0.2, 0) is 13.2 Å². The van der Waals surface area contributed by atoms with Crippen LogP contribution < -0.4 is 9.64 Å². The molecule has 3 heterocycles. The zero-order chi connectivity index (χ0) is 22.9. The SMILES string of the molecule is COc1cccc(-c2cc(C(=O)N3CCN(c4ccc(C(F)(F)F)cn4)CC3)n(C)n2)c1. The Morgan fingerprint density at radius 1 is 1.06 bits per heavy atom. The number of alkyl halides is 3. The van der Waals surface area contributed by atoms with E-state index in [4.69, 9.17) is 4.74 Å². The summed E-state index contributed by atoms with van der Waals surface area (Å²) in [6, 6.07) is 11.6. The summed E-state index contributed by atoms with van der Waals surface area (Å²) in [6.07, 6.45) is -3.58. The third kappa shape index (κ3) is 4.39. The molecule has 10 heteroatoms. The van der Waals surface area contributed by atoms with E-state index < -0.39 is 11.7 Å². The summed E-state index contributed by atoms with van der Waals surface area (Å²) in [5, 5.41) is 4.46. The number of halogens is 3. The summed E-state index contributed by atoms with van der Waals surface area (Å²) in [5.41, 5.74) is 1.20. The van der Waals surface area contributed by atoms with Crippen molar-refractivity contribution in [2.45, 2.75) is 6.18 Å². The molecule has 1 aromatic carbocycles. The number of aromatic nitrogens is 3. The van der Waals surface area contributed by atoms with E-state index in [1.54, 1.807) is 29.8 Å². The third-order valence-electron chi connectivity index (χ3n) is 5.43. The normalized spacial score (nSPS) is 14.5. The van der Waals surface area contributed by atoms with Gasteiger partial charge >= 0.3 is 6.18 Å². The first-order chi connectivity index (χ1) is 15.3. The Balaban J connectivity index is 1.43. The van der Waals surface area contributed by atoms with Crippen molar-refractivity contribution in [3.8, 4) is 17.0 Å². The fraction of sp³-hybridized carbons (Fsp3) is 0.318. The molecule has 0 N–H and O–H groups in total. The molecule has 0 saturated carbocycles. The van der Waals surface area contributed by atoms with Crippen LogP contribution in [-0.4, -0.2) is 58.9 Å². The highest BCUT2D eigenvalue weighted by Gasteiger charge is 2.31. The number of hydrogen-bond donors (Lipinski definition) is 0. The van der Waals surface area contributed by atoms with Gasteiger partial charge in [0.1, 0.15) is 17.3 Å². The number of piperazine rings is 1. The van der Waals surface area contributed by atoms with Crippen LogP contribution in [0.15, 0.2) is 48.7 Å². The summed E-state index contributed by atoms with van der Waals surface area (Å²) in [5.74, 6) is 1.02. The first kappa shape index (κ1) is 21.7. The topological polar surface area (TPSA) is 63.5 Å². The molecule has 0 spiro atoms. The fourth-order valence-corrected chi connectivity index (χ4v) is 3.63. The second kappa shape index (κ2) is 8.52. The number of rotatable bonds is 4. The van der Waals surface area contributed by atoms with Crippen molar-refractivity contribution in [3.05, 3.63) is 59.9 Å². The molecule has 0 radical (unpaired) electrons. The summed E-state index contributed by atoms with van der Waals surface area (Å²) in [4.78, 5) is 20.6. The van der Waals surface area contributed by atoms with Gasteiger partial charge in [0, 0.05) is 45.0 Å². The van der Waals surface area contributed by atoms with Crippen LogP contribution in [0.5, 0.6) is 5.75 Å². The van der Waals surface area contributed by atoms with Crippen LogP contribution in [0.2, 0.25) is 0 Å². The van der Waals surface area contributed by atoms with Gasteiger partial charge in [0.05, 0.1) is 18.4 Å². The lowest BCUT2D eigenvalue weighted by atomic mass is 10.1. The van der Waals surface area contributed by atoms with Gasteiger partial charge in [-0.1, -0.05) is 12.1 Å². The lowest BCUT2D eigenvalue weighted by molar-refractivity contribution is -0.137. The van der Waals surface area contributed by atoms with Crippen LogP contribution in [0.4, 0.5) is 19.0 Å². The van der Waals surface area contributed by atoms with Crippen LogP contribution >= 0.6 is 0 Å². The molecule has 1 amide bonds. The second-order valence-electron chi connectivity index (χ2n) is 7.45. The largest absolute Gasteiger partial charge is 0.497 e. The smallest absolute Gasteiger partial charge is 0.417 e. The number of pyridine rings is 1. The number of aryl methyl sites for hydroxylation is 1. The standard InChI is InChI=1S/C22H22F3N5O2/c1-28-19(13-18(27-28)15-4-3-5-17(12-15)32-2)21(31)30-10-8-29(9-11-30)20-7-6-16(14-26-20)22(23,24)25/h3-7,12-14H,8-11H2,1-2H3. The van der Waals surface area contributed by atoms with Gasteiger partial charge in [0.25, 0.3) is 5.91 Å². The predicted molar refractivity (Wildman–Crippen MR) is 113 cm³/mol. The van der Waals surface area contributed by atoms with E-state index >= 15 is 0 Å². The van der Waals surface area contributed by atoms with Crippen LogP contribution in [0, 0.1) is 0 Å². The summed E-state index contributed by atoms with van der Waals surface area (Å²) >= 11 is 0. The molecule has 168 valence electrons. The number of methoxy groups -OCH3 is 1. The zero-order valence-electron chi connectivity index (χ0n) is 17.6. The number of ether oxygens (including phenoxy) is 1. The van der Waals surface area contributed by atoms with Crippen LogP contribution in [0.25, 0.3) is 11.3 Å². The van der Waals surface area contributed by atoms with Crippen molar-refractivity contribution in [1.29, 1.82) is 0 Å². The monoisotopic (exact) mass is 445 g/mol. The lowest BCUT2D eigenvalue weighted by Crippen LogP contribution is -2.49. The molecule has 32 heavy (non-hydrogen) atoms. The van der Waals surface area contributed by atoms with Crippen LogP contribution in [0.1, 0.15) is 16.1 Å². The quantitative estimate of drug-likeness (QED) is 0.616. The molecule has 1 fully saturated rings. The van der Waals surface area contributed by atoms with Gasteiger partial charge in [-0.25, -0.2) is 4.98 Å². The predicted octanol–water partition coefficient (Wildman–Crippen LogP) is 3.47. The first-order valence-electron chi connectivity index (χ1n) is 10.0. The van der Waals surface area contributed by atoms with E-state index in [1.165, 1.54) is 6.07 Å². The fourth-order valence-electron chi connectivity index (χ4n) is 3.63. The van der Waals surface area contributed by atoms with Gasteiger partial charge in [-0.3, -0.25) is 9.48 Å². The Hall–Kier alpha value is -3.56. The zero-order valence-corrected chi connectivity index (χ0v) is 17.6. The van der Waals surface area contributed by atoms with Crippen molar-refractivity contribution in [1.82, 2.24) is 19.7 Å². The Morgan fingerprint density at radius 2 is 1.81 bits per heavy atom. The van der Waals surface area contributed by atoms with Gasteiger partial charge in [-0.15, -0.1) is 0 Å². The molecular formula is C22H22F3N5O2. The minimum Gasteiger partial charge on any atom is -0.497 e. The highest BCUT2D eigenvalue weighted by atomic mass is 19.4.